The Morgan fingerprint density at radius 3 is 2.57 bits per heavy atom. The molecule has 1 aromatic heterocycles. The molecule has 0 atom stereocenters. The summed E-state index contributed by atoms with van der Waals surface area (Å²) < 4.78 is 5.61. The first-order valence-electron chi connectivity index (χ1n) is 7.56. The second-order valence-corrected chi connectivity index (χ2v) is 5.54. The topological polar surface area (TPSA) is 47.0 Å². The highest BCUT2D eigenvalue weighted by molar-refractivity contribution is 5.39. The van der Waals surface area contributed by atoms with Crippen molar-refractivity contribution in [3.63, 3.8) is 0 Å². The highest BCUT2D eigenvalue weighted by Gasteiger charge is 2.21. The van der Waals surface area contributed by atoms with Crippen LogP contribution in [0.3, 0.4) is 0 Å². The molecule has 1 aliphatic rings. The van der Waals surface area contributed by atoms with E-state index in [2.05, 4.69) is 46.5 Å². The van der Waals surface area contributed by atoms with Crippen molar-refractivity contribution in [3.8, 4) is 5.88 Å². The van der Waals surface area contributed by atoms with Gasteiger partial charge in [-0.1, -0.05) is 31.2 Å². The normalized spacial score (nSPS) is 14.0. The molecule has 1 N–H and O–H groups in total. The lowest BCUT2D eigenvalue weighted by atomic mass is 10.1. The van der Waals surface area contributed by atoms with Crippen molar-refractivity contribution in [1.82, 2.24) is 9.97 Å². The van der Waals surface area contributed by atoms with Gasteiger partial charge in [-0.3, -0.25) is 0 Å². The zero-order valence-corrected chi connectivity index (χ0v) is 12.6. The Kier molecular flexibility index (Phi) is 4.04. The van der Waals surface area contributed by atoms with Crippen LogP contribution in [0.2, 0.25) is 0 Å². The van der Waals surface area contributed by atoms with Gasteiger partial charge in [0.25, 0.3) is 0 Å². The molecule has 4 heteroatoms. The van der Waals surface area contributed by atoms with Crippen molar-refractivity contribution < 1.29 is 4.74 Å². The summed E-state index contributed by atoms with van der Waals surface area (Å²) in [4.78, 5) is 8.92. The summed E-state index contributed by atoms with van der Waals surface area (Å²) in [5.41, 5.74) is 3.77. The lowest BCUT2D eigenvalue weighted by Gasteiger charge is -2.13. The molecule has 0 unspecified atom stereocenters. The van der Waals surface area contributed by atoms with E-state index in [1.807, 2.05) is 13.0 Å². The van der Waals surface area contributed by atoms with Crippen LogP contribution in [0.5, 0.6) is 5.88 Å². The van der Waals surface area contributed by atoms with Crippen LogP contribution >= 0.6 is 0 Å². The third kappa shape index (κ3) is 3.32. The fourth-order valence-electron chi connectivity index (χ4n) is 2.73. The van der Waals surface area contributed by atoms with Crippen molar-refractivity contribution in [3.05, 3.63) is 47.2 Å². The Morgan fingerprint density at radius 1 is 1.19 bits per heavy atom. The first-order valence-corrected chi connectivity index (χ1v) is 7.56. The number of ether oxygens (including phenoxy) is 1. The van der Waals surface area contributed by atoms with Crippen molar-refractivity contribution in [2.75, 3.05) is 11.9 Å². The molecule has 4 nitrogen and oxygen atoms in total. The molecule has 21 heavy (non-hydrogen) atoms. The van der Waals surface area contributed by atoms with Crippen molar-refractivity contribution >= 4 is 5.95 Å². The Bertz CT molecular complexity index is 602. The van der Waals surface area contributed by atoms with Gasteiger partial charge in [0.05, 0.1) is 6.61 Å². The maximum absolute atomic E-state index is 5.61. The van der Waals surface area contributed by atoms with E-state index in [0.717, 1.165) is 25.0 Å². The molecule has 0 spiro atoms. The molecule has 0 radical (unpaired) electrons. The van der Waals surface area contributed by atoms with E-state index in [0.29, 0.717) is 24.5 Å². The van der Waals surface area contributed by atoms with Gasteiger partial charge in [0, 0.05) is 17.8 Å². The summed E-state index contributed by atoms with van der Waals surface area (Å²) in [6.07, 6.45) is 3.03. The van der Waals surface area contributed by atoms with Crippen LogP contribution in [0.15, 0.2) is 30.3 Å². The molecule has 1 heterocycles. The molecular formula is C17H21N3O. The summed E-state index contributed by atoms with van der Waals surface area (Å²) in [7, 11) is 0. The number of nitrogens with zero attached hydrogens (tertiary/aromatic N) is 2. The smallest absolute Gasteiger partial charge is 0.226 e. The molecule has 0 saturated carbocycles. The fourth-order valence-corrected chi connectivity index (χ4v) is 2.73. The standard InChI is InChI=1S/C17H21N3O/c1-3-8-21-16-9-12(2)18-17(20-16)19-15-10-13-6-4-5-7-14(13)11-15/h4-7,9,15H,3,8,10-11H2,1-2H3,(H,18,19,20). The lowest BCUT2D eigenvalue weighted by Crippen LogP contribution is -2.21. The van der Waals surface area contributed by atoms with E-state index in [-0.39, 0.29) is 0 Å². The summed E-state index contributed by atoms with van der Waals surface area (Å²) in [5.74, 6) is 1.32. The highest BCUT2D eigenvalue weighted by Crippen LogP contribution is 2.24. The number of anilines is 1. The SMILES string of the molecule is CCCOc1cc(C)nc(NC2Cc3ccccc3C2)n1. The minimum Gasteiger partial charge on any atom is -0.478 e. The largest absolute Gasteiger partial charge is 0.478 e. The number of hydrogen-bond acceptors (Lipinski definition) is 4. The van der Waals surface area contributed by atoms with Gasteiger partial charge in [-0.25, -0.2) is 4.98 Å². The molecule has 2 aromatic rings. The number of hydrogen-bond donors (Lipinski definition) is 1. The highest BCUT2D eigenvalue weighted by atomic mass is 16.5. The van der Waals surface area contributed by atoms with Gasteiger partial charge in [0.15, 0.2) is 0 Å². The summed E-state index contributed by atoms with van der Waals surface area (Å²) in [6.45, 7) is 4.74. The monoisotopic (exact) mass is 283 g/mol. The quantitative estimate of drug-likeness (QED) is 0.915. The van der Waals surface area contributed by atoms with Gasteiger partial charge in [0.1, 0.15) is 0 Å². The van der Waals surface area contributed by atoms with Crippen LogP contribution in [0, 0.1) is 6.92 Å². The van der Waals surface area contributed by atoms with Crippen LogP contribution in [0.4, 0.5) is 5.95 Å². The van der Waals surface area contributed by atoms with Crippen molar-refractivity contribution in [2.45, 2.75) is 39.2 Å². The van der Waals surface area contributed by atoms with Gasteiger partial charge < -0.3 is 10.1 Å². The average molecular weight is 283 g/mol. The van der Waals surface area contributed by atoms with E-state index in [9.17, 15) is 0 Å². The molecule has 3 rings (SSSR count). The number of aromatic nitrogens is 2. The van der Waals surface area contributed by atoms with E-state index in [4.69, 9.17) is 4.74 Å². The third-order valence-corrected chi connectivity index (χ3v) is 3.67. The maximum Gasteiger partial charge on any atom is 0.226 e. The second-order valence-electron chi connectivity index (χ2n) is 5.54. The first kappa shape index (κ1) is 13.9. The first-order chi connectivity index (χ1) is 10.2. The summed E-state index contributed by atoms with van der Waals surface area (Å²) >= 11 is 0. The zero-order chi connectivity index (χ0) is 14.7. The van der Waals surface area contributed by atoms with E-state index < -0.39 is 0 Å². The van der Waals surface area contributed by atoms with Crippen molar-refractivity contribution in [2.24, 2.45) is 0 Å². The van der Waals surface area contributed by atoms with Gasteiger partial charge >= 0.3 is 0 Å². The molecular weight excluding hydrogens is 262 g/mol. The molecule has 0 fully saturated rings. The van der Waals surface area contributed by atoms with Crippen molar-refractivity contribution in [1.29, 1.82) is 0 Å². The van der Waals surface area contributed by atoms with Gasteiger partial charge in [0.2, 0.25) is 11.8 Å². The van der Waals surface area contributed by atoms with E-state index >= 15 is 0 Å². The average Bonchev–Trinajstić information content (AvgIpc) is 2.86. The predicted octanol–water partition coefficient (Wildman–Crippen LogP) is 3.15. The van der Waals surface area contributed by atoms with Crippen LogP contribution in [-0.2, 0) is 12.8 Å². The van der Waals surface area contributed by atoms with Crippen LogP contribution in [0.25, 0.3) is 0 Å². The minimum atomic E-state index is 0.364. The number of aryl methyl sites for hydroxylation is 1. The Hall–Kier alpha value is -2.10. The third-order valence-electron chi connectivity index (χ3n) is 3.67. The van der Waals surface area contributed by atoms with Gasteiger partial charge in [-0.2, -0.15) is 4.98 Å². The summed E-state index contributed by atoms with van der Waals surface area (Å²) in [5, 5.41) is 3.44. The summed E-state index contributed by atoms with van der Waals surface area (Å²) in [6, 6.07) is 10.8. The number of fused-ring (bicyclic) bond motifs is 1. The Morgan fingerprint density at radius 2 is 1.90 bits per heavy atom. The minimum absolute atomic E-state index is 0.364. The van der Waals surface area contributed by atoms with Gasteiger partial charge in [-0.15, -0.1) is 0 Å². The molecule has 0 amide bonds. The molecule has 1 aromatic carbocycles. The fraction of sp³-hybridized carbons (Fsp3) is 0.412. The molecule has 110 valence electrons. The molecule has 0 aliphatic heterocycles. The number of rotatable bonds is 5. The Labute approximate surface area is 125 Å². The lowest BCUT2D eigenvalue weighted by molar-refractivity contribution is 0.305. The number of benzene rings is 1. The van der Waals surface area contributed by atoms with E-state index in [1.165, 1.54) is 11.1 Å². The molecule has 0 bridgehead atoms. The van der Waals surface area contributed by atoms with Crippen LogP contribution < -0.4 is 10.1 Å². The maximum atomic E-state index is 5.61. The number of nitrogens with one attached hydrogen (secondary N) is 1. The molecule has 0 saturated heterocycles. The second kappa shape index (κ2) is 6.12. The van der Waals surface area contributed by atoms with Crippen LogP contribution in [-0.4, -0.2) is 22.6 Å². The predicted molar refractivity (Wildman–Crippen MR) is 83.8 cm³/mol. The molecule has 1 aliphatic carbocycles. The van der Waals surface area contributed by atoms with Gasteiger partial charge in [-0.05, 0) is 37.3 Å². The van der Waals surface area contributed by atoms with Crippen LogP contribution in [0.1, 0.15) is 30.2 Å². The van der Waals surface area contributed by atoms with E-state index in [1.54, 1.807) is 0 Å². The Balaban J connectivity index is 1.70. The zero-order valence-electron chi connectivity index (χ0n) is 12.6.